The van der Waals surface area contributed by atoms with Crippen LogP contribution >= 0.6 is 0 Å². The first-order chi connectivity index (χ1) is 14.9. The number of imidazole rings is 1. The number of aromatic nitrogens is 3. The number of nitrogens with zero attached hydrogens (tertiary/aromatic N) is 3. The van der Waals surface area contributed by atoms with E-state index in [1.807, 2.05) is 13.8 Å². The van der Waals surface area contributed by atoms with Crippen LogP contribution in [0.25, 0.3) is 11.0 Å². The largest absolute Gasteiger partial charge is 0.497 e. The first kappa shape index (κ1) is 23.0. The van der Waals surface area contributed by atoms with Gasteiger partial charge in [-0.15, -0.1) is 0 Å². The van der Waals surface area contributed by atoms with Gasteiger partial charge in [0.05, 0.1) is 17.5 Å². The maximum atomic E-state index is 12.4. The zero-order chi connectivity index (χ0) is 22.4. The minimum Gasteiger partial charge on any atom is -0.497 e. The summed E-state index contributed by atoms with van der Waals surface area (Å²) in [6.07, 6.45) is 3.17. The Morgan fingerprint density at radius 2 is 1.94 bits per heavy atom. The molecule has 168 valence electrons. The highest BCUT2D eigenvalue weighted by Gasteiger charge is 2.16. The number of hydrogen-bond donors (Lipinski definition) is 2. The molecule has 2 heterocycles. The van der Waals surface area contributed by atoms with Gasteiger partial charge in [0.15, 0.2) is 5.82 Å². The lowest BCUT2D eigenvalue weighted by molar-refractivity contribution is 0.126. The Morgan fingerprint density at radius 3 is 2.61 bits per heavy atom. The van der Waals surface area contributed by atoms with Crippen molar-refractivity contribution < 1.29 is 17.9 Å². The Kier molecular flexibility index (Phi) is 7.47. The maximum Gasteiger partial charge on any atom is 0.240 e. The van der Waals surface area contributed by atoms with Gasteiger partial charge in [-0.2, -0.15) is 0 Å². The van der Waals surface area contributed by atoms with E-state index < -0.39 is 10.0 Å². The number of pyridine rings is 1. The van der Waals surface area contributed by atoms with E-state index in [1.54, 1.807) is 18.3 Å². The molecule has 0 spiro atoms. The van der Waals surface area contributed by atoms with Crippen molar-refractivity contribution in [2.75, 3.05) is 26.0 Å². The number of methoxy groups -OCH3 is 1. The van der Waals surface area contributed by atoms with Crippen LogP contribution in [0.3, 0.4) is 0 Å². The summed E-state index contributed by atoms with van der Waals surface area (Å²) in [5, 5.41) is 0. The molecule has 0 amide bonds. The third-order valence-corrected chi connectivity index (χ3v) is 6.44. The molecule has 0 atom stereocenters. The highest BCUT2D eigenvalue weighted by molar-refractivity contribution is 7.89. The highest BCUT2D eigenvalue weighted by Crippen LogP contribution is 2.24. The number of sulfonamides is 1. The lowest BCUT2D eigenvalue weighted by Crippen LogP contribution is -2.25. The summed E-state index contributed by atoms with van der Waals surface area (Å²) in [7, 11) is -2.02. The van der Waals surface area contributed by atoms with Crippen molar-refractivity contribution in [3.8, 4) is 5.75 Å². The van der Waals surface area contributed by atoms with Gasteiger partial charge >= 0.3 is 0 Å². The zero-order valence-corrected chi connectivity index (χ0v) is 18.9. The molecule has 0 bridgehead atoms. The van der Waals surface area contributed by atoms with Crippen LogP contribution in [0.2, 0.25) is 0 Å². The lowest BCUT2D eigenvalue weighted by Gasteiger charge is -2.11. The number of nitrogens with two attached hydrogens (primary N) is 1. The average molecular weight is 448 g/mol. The number of unbranched alkanes of at least 4 members (excludes halogenated alkanes) is 1. The summed E-state index contributed by atoms with van der Waals surface area (Å²) in [5.74, 6) is 1.79. The number of ether oxygens (including phenoxy) is 2. The normalized spacial score (nSPS) is 11.8. The molecule has 9 nitrogen and oxygen atoms in total. The van der Waals surface area contributed by atoms with Crippen molar-refractivity contribution in [3.05, 3.63) is 41.9 Å². The summed E-state index contributed by atoms with van der Waals surface area (Å²) in [5.41, 5.74) is 8.63. The number of anilines is 1. The fourth-order valence-electron chi connectivity index (χ4n) is 3.35. The van der Waals surface area contributed by atoms with Crippen molar-refractivity contribution in [2.45, 2.75) is 44.7 Å². The quantitative estimate of drug-likeness (QED) is 0.433. The molecular weight excluding hydrogens is 418 g/mol. The fraction of sp³-hybridized carbons (Fsp3) is 0.429. The Hall–Kier alpha value is -2.69. The molecule has 0 aliphatic heterocycles. The molecule has 0 fully saturated rings. The summed E-state index contributed by atoms with van der Waals surface area (Å²) >= 11 is 0. The fourth-order valence-corrected chi connectivity index (χ4v) is 4.42. The molecule has 0 unspecified atom stereocenters. The van der Waals surface area contributed by atoms with Crippen LogP contribution < -0.4 is 15.2 Å². The Balaban J connectivity index is 1.64. The van der Waals surface area contributed by atoms with Gasteiger partial charge in [0.25, 0.3) is 0 Å². The van der Waals surface area contributed by atoms with Crippen molar-refractivity contribution >= 4 is 26.9 Å². The summed E-state index contributed by atoms with van der Waals surface area (Å²) < 4.78 is 40.3. The number of benzene rings is 1. The first-order valence-corrected chi connectivity index (χ1v) is 11.7. The molecule has 0 saturated carbocycles. The van der Waals surface area contributed by atoms with Crippen LogP contribution in [0.5, 0.6) is 5.75 Å². The smallest absolute Gasteiger partial charge is 0.240 e. The van der Waals surface area contributed by atoms with Crippen LogP contribution in [0, 0.1) is 6.92 Å². The first-order valence-electron chi connectivity index (χ1n) is 10.2. The predicted molar refractivity (Wildman–Crippen MR) is 119 cm³/mol. The molecule has 3 N–H and O–H groups in total. The molecule has 3 rings (SSSR count). The van der Waals surface area contributed by atoms with E-state index >= 15 is 0 Å². The molecular formula is C21H29N5O4S. The SMILES string of the molecule is CCOCc1nc2c(N)ncc(C)c2n1CCCCNS(=O)(=O)c1ccc(OC)cc1. The summed E-state index contributed by atoms with van der Waals surface area (Å²) in [6.45, 7) is 5.89. The van der Waals surface area contributed by atoms with E-state index in [4.69, 9.17) is 15.2 Å². The topological polar surface area (TPSA) is 121 Å². The summed E-state index contributed by atoms with van der Waals surface area (Å²) in [6, 6.07) is 6.31. The van der Waals surface area contributed by atoms with Crippen molar-refractivity contribution in [3.63, 3.8) is 0 Å². The Morgan fingerprint density at radius 1 is 1.19 bits per heavy atom. The van der Waals surface area contributed by atoms with E-state index in [0.29, 0.717) is 49.8 Å². The zero-order valence-electron chi connectivity index (χ0n) is 18.1. The average Bonchev–Trinajstić information content (AvgIpc) is 3.14. The van der Waals surface area contributed by atoms with E-state index in [0.717, 1.165) is 23.3 Å². The number of nitrogens with one attached hydrogen (secondary N) is 1. The molecule has 1 aromatic carbocycles. The second-order valence-corrected chi connectivity index (χ2v) is 8.89. The van der Waals surface area contributed by atoms with Gasteiger partial charge in [0.2, 0.25) is 10.0 Å². The minimum atomic E-state index is -3.56. The third-order valence-electron chi connectivity index (χ3n) is 4.97. The van der Waals surface area contributed by atoms with Crippen LogP contribution in [0.15, 0.2) is 35.4 Å². The van der Waals surface area contributed by atoms with Crippen LogP contribution in [-0.2, 0) is 27.9 Å². The Bertz CT molecular complexity index is 1130. The van der Waals surface area contributed by atoms with E-state index in [9.17, 15) is 8.42 Å². The second-order valence-electron chi connectivity index (χ2n) is 7.12. The molecule has 3 aromatic rings. The van der Waals surface area contributed by atoms with E-state index in [2.05, 4.69) is 19.3 Å². The molecule has 0 saturated heterocycles. The molecule has 31 heavy (non-hydrogen) atoms. The second kappa shape index (κ2) is 10.1. The number of nitrogen functional groups attached to an aromatic ring is 1. The minimum absolute atomic E-state index is 0.214. The van der Waals surface area contributed by atoms with Crippen molar-refractivity contribution in [1.29, 1.82) is 0 Å². The van der Waals surface area contributed by atoms with Crippen molar-refractivity contribution in [1.82, 2.24) is 19.3 Å². The molecule has 10 heteroatoms. The third kappa shape index (κ3) is 5.33. The maximum absolute atomic E-state index is 12.4. The van der Waals surface area contributed by atoms with Gasteiger partial charge < -0.3 is 19.8 Å². The van der Waals surface area contributed by atoms with Gasteiger partial charge in [0, 0.05) is 25.9 Å². The van der Waals surface area contributed by atoms with Gasteiger partial charge in [-0.3, -0.25) is 0 Å². The van der Waals surface area contributed by atoms with Crippen LogP contribution in [-0.4, -0.2) is 43.2 Å². The number of hydrogen-bond acceptors (Lipinski definition) is 7. The summed E-state index contributed by atoms with van der Waals surface area (Å²) in [4.78, 5) is 9.04. The highest BCUT2D eigenvalue weighted by atomic mass is 32.2. The van der Waals surface area contributed by atoms with Crippen molar-refractivity contribution in [2.24, 2.45) is 0 Å². The molecule has 2 aromatic heterocycles. The van der Waals surface area contributed by atoms with Gasteiger partial charge in [-0.05, 0) is 56.5 Å². The van der Waals surface area contributed by atoms with Gasteiger partial charge in [-0.25, -0.2) is 23.1 Å². The molecule has 0 aliphatic carbocycles. The standard InChI is InChI=1S/C21H29N5O4S/c1-4-30-14-18-25-19-20(15(2)13-23-21(19)22)26(18)12-6-5-11-24-31(27,28)17-9-7-16(29-3)8-10-17/h7-10,13,24H,4-6,11-12,14H2,1-3H3,(H2,22,23). The number of fused-ring (bicyclic) bond motifs is 1. The number of rotatable bonds is 11. The molecule has 0 radical (unpaired) electrons. The lowest BCUT2D eigenvalue weighted by atomic mass is 10.2. The van der Waals surface area contributed by atoms with Gasteiger partial charge in [0.1, 0.15) is 23.7 Å². The number of aryl methyl sites for hydroxylation is 2. The van der Waals surface area contributed by atoms with Crippen LogP contribution in [0.1, 0.15) is 31.2 Å². The monoisotopic (exact) mass is 447 g/mol. The van der Waals surface area contributed by atoms with E-state index in [1.165, 1.54) is 19.2 Å². The Labute approximate surface area is 182 Å². The van der Waals surface area contributed by atoms with Gasteiger partial charge in [-0.1, -0.05) is 0 Å². The van der Waals surface area contributed by atoms with E-state index in [-0.39, 0.29) is 4.90 Å². The predicted octanol–water partition coefficient (Wildman–Crippen LogP) is 2.63. The van der Waals surface area contributed by atoms with Crippen LogP contribution in [0.4, 0.5) is 5.82 Å². The molecule has 0 aliphatic rings.